The normalized spacial score (nSPS) is 25.5. The van der Waals surface area contributed by atoms with Gasteiger partial charge in [0.2, 0.25) is 0 Å². The molecule has 1 aromatic heterocycles. The number of imidazole rings is 1. The maximum absolute atomic E-state index is 13.7. The number of alkyl halides is 3. The number of nitriles is 1. The van der Waals surface area contributed by atoms with Gasteiger partial charge in [-0.25, -0.2) is 4.98 Å². The van der Waals surface area contributed by atoms with Gasteiger partial charge in [-0.3, -0.25) is 0 Å². The van der Waals surface area contributed by atoms with Crippen molar-refractivity contribution < 1.29 is 17.9 Å². The van der Waals surface area contributed by atoms with E-state index in [1.165, 1.54) is 24.5 Å². The highest BCUT2D eigenvalue weighted by molar-refractivity contribution is 5.45. The largest absolute Gasteiger partial charge is 0.422 e. The summed E-state index contributed by atoms with van der Waals surface area (Å²) in [7, 11) is 0. The van der Waals surface area contributed by atoms with Crippen LogP contribution in [0.3, 0.4) is 0 Å². The Morgan fingerprint density at radius 2 is 2.29 bits per heavy atom. The minimum Gasteiger partial charge on any atom is -0.360 e. The average molecular weight is 297 g/mol. The van der Waals surface area contributed by atoms with Gasteiger partial charge in [-0.1, -0.05) is 13.0 Å². The zero-order valence-electron chi connectivity index (χ0n) is 11.3. The molecule has 0 bridgehead atoms. The first-order chi connectivity index (χ1) is 9.96. The minimum atomic E-state index is -4.67. The van der Waals surface area contributed by atoms with E-state index in [-0.39, 0.29) is 18.0 Å². The number of nitrogens with zero attached hydrogens (tertiary/aromatic N) is 2. The smallest absolute Gasteiger partial charge is 0.360 e. The van der Waals surface area contributed by atoms with Crippen LogP contribution in [0, 0.1) is 11.3 Å². The Balaban J connectivity index is 2.58. The molecule has 0 spiro atoms. The average Bonchev–Trinajstić information content (AvgIpc) is 2.96. The maximum Gasteiger partial charge on any atom is 0.422 e. The molecule has 1 N–H and O–H groups in total. The molecule has 2 unspecified atom stereocenters. The van der Waals surface area contributed by atoms with Crippen LogP contribution < -0.4 is 0 Å². The third-order valence-electron chi connectivity index (χ3n) is 3.27. The molecule has 0 fully saturated rings. The Labute approximate surface area is 119 Å². The fourth-order valence-electron chi connectivity index (χ4n) is 2.35. The van der Waals surface area contributed by atoms with Crippen molar-refractivity contribution in [2.45, 2.75) is 31.0 Å². The second kappa shape index (κ2) is 5.74. The van der Waals surface area contributed by atoms with Gasteiger partial charge in [0.25, 0.3) is 0 Å². The second-order valence-corrected chi connectivity index (χ2v) is 4.64. The molecule has 1 aliphatic rings. The number of H-pyrrole nitrogens is 1. The third kappa shape index (κ3) is 2.59. The standard InChI is InChI=1S/C14H14F3N3O/c1-2-8-21-13(14(15,16)17)5-3-4-10(9-18)11(13)12-19-6-7-20-12/h3-7,11H,2,8H2,1H3,(H,19,20). The van der Waals surface area contributed by atoms with E-state index in [1.807, 2.05) is 6.07 Å². The highest BCUT2D eigenvalue weighted by Gasteiger charge is 2.62. The summed E-state index contributed by atoms with van der Waals surface area (Å²) in [4.78, 5) is 6.55. The Morgan fingerprint density at radius 3 is 2.81 bits per heavy atom. The maximum atomic E-state index is 13.7. The van der Waals surface area contributed by atoms with Crippen molar-refractivity contribution in [3.8, 4) is 6.07 Å². The molecule has 1 heterocycles. The lowest BCUT2D eigenvalue weighted by Crippen LogP contribution is -2.52. The molecule has 2 rings (SSSR count). The predicted molar refractivity (Wildman–Crippen MR) is 69.2 cm³/mol. The van der Waals surface area contributed by atoms with Gasteiger partial charge >= 0.3 is 6.18 Å². The Morgan fingerprint density at radius 1 is 1.52 bits per heavy atom. The molecule has 4 nitrogen and oxygen atoms in total. The molecular formula is C14H14F3N3O. The van der Waals surface area contributed by atoms with Crippen LogP contribution >= 0.6 is 0 Å². The summed E-state index contributed by atoms with van der Waals surface area (Å²) in [5.41, 5.74) is -2.62. The van der Waals surface area contributed by atoms with Gasteiger partial charge in [0.05, 0.1) is 12.0 Å². The monoisotopic (exact) mass is 297 g/mol. The summed E-state index contributed by atoms with van der Waals surface area (Å²) in [6.07, 6.45) is 2.05. The molecule has 7 heteroatoms. The summed E-state index contributed by atoms with van der Waals surface area (Å²) in [5.74, 6) is -1.28. The summed E-state index contributed by atoms with van der Waals surface area (Å²) >= 11 is 0. The molecular weight excluding hydrogens is 283 g/mol. The fourth-order valence-corrected chi connectivity index (χ4v) is 2.35. The molecule has 0 saturated carbocycles. The first kappa shape index (κ1) is 15.3. The molecule has 2 atom stereocenters. The van der Waals surface area contributed by atoms with Crippen LogP contribution in [-0.2, 0) is 4.74 Å². The van der Waals surface area contributed by atoms with Gasteiger partial charge in [0.1, 0.15) is 5.82 Å². The lowest BCUT2D eigenvalue weighted by molar-refractivity contribution is -0.263. The van der Waals surface area contributed by atoms with Gasteiger partial charge < -0.3 is 9.72 Å². The van der Waals surface area contributed by atoms with Crippen molar-refractivity contribution in [1.29, 1.82) is 5.26 Å². The Bertz CT molecular complexity index is 584. The van der Waals surface area contributed by atoms with Crippen molar-refractivity contribution in [2.24, 2.45) is 0 Å². The van der Waals surface area contributed by atoms with Crippen molar-refractivity contribution in [1.82, 2.24) is 9.97 Å². The quantitative estimate of drug-likeness (QED) is 0.928. The van der Waals surface area contributed by atoms with E-state index >= 15 is 0 Å². The zero-order chi connectivity index (χ0) is 15.5. The number of rotatable bonds is 4. The molecule has 0 aliphatic heterocycles. The topological polar surface area (TPSA) is 61.7 Å². The van der Waals surface area contributed by atoms with Crippen LogP contribution in [0.2, 0.25) is 0 Å². The summed E-state index contributed by atoms with van der Waals surface area (Å²) in [6, 6.07) is 1.82. The van der Waals surface area contributed by atoms with Gasteiger partial charge in [0.15, 0.2) is 5.60 Å². The summed E-state index contributed by atoms with van der Waals surface area (Å²) < 4.78 is 46.3. The number of hydrogen-bond donors (Lipinski definition) is 1. The number of aromatic nitrogens is 2. The zero-order valence-corrected chi connectivity index (χ0v) is 11.3. The van der Waals surface area contributed by atoms with E-state index in [2.05, 4.69) is 9.97 Å². The molecule has 112 valence electrons. The van der Waals surface area contributed by atoms with E-state index in [9.17, 15) is 13.2 Å². The minimum absolute atomic E-state index is 0.0409. The molecule has 0 radical (unpaired) electrons. The first-order valence-electron chi connectivity index (χ1n) is 6.45. The van der Waals surface area contributed by atoms with Crippen LogP contribution in [-0.4, -0.2) is 28.4 Å². The van der Waals surface area contributed by atoms with Gasteiger partial charge in [-0.05, 0) is 18.6 Å². The van der Waals surface area contributed by atoms with E-state index < -0.39 is 17.7 Å². The van der Waals surface area contributed by atoms with Gasteiger partial charge in [-0.15, -0.1) is 0 Å². The lowest BCUT2D eigenvalue weighted by Gasteiger charge is -2.40. The van der Waals surface area contributed by atoms with Gasteiger partial charge in [-0.2, -0.15) is 18.4 Å². The molecule has 1 aromatic rings. The Hall–Kier alpha value is -2.07. The summed E-state index contributed by atoms with van der Waals surface area (Å²) in [5, 5.41) is 9.17. The number of aromatic amines is 1. The highest BCUT2D eigenvalue weighted by atomic mass is 19.4. The second-order valence-electron chi connectivity index (χ2n) is 4.64. The number of ether oxygens (including phenoxy) is 1. The first-order valence-corrected chi connectivity index (χ1v) is 6.45. The number of hydrogen-bond acceptors (Lipinski definition) is 3. The third-order valence-corrected chi connectivity index (χ3v) is 3.27. The van der Waals surface area contributed by atoms with Crippen molar-refractivity contribution >= 4 is 0 Å². The van der Waals surface area contributed by atoms with Crippen LogP contribution in [0.1, 0.15) is 25.1 Å². The van der Waals surface area contributed by atoms with Crippen molar-refractivity contribution in [3.05, 3.63) is 42.0 Å². The van der Waals surface area contributed by atoms with Crippen LogP contribution in [0.15, 0.2) is 36.2 Å². The molecule has 0 aromatic carbocycles. The van der Waals surface area contributed by atoms with Crippen LogP contribution in [0.4, 0.5) is 13.2 Å². The van der Waals surface area contributed by atoms with Crippen LogP contribution in [0.5, 0.6) is 0 Å². The van der Waals surface area contributed by atoms with Gasteiger partial charge in [0, 0.05) is 24.6 Å². The summed E-state index contributed by atoms with van der Waals surface area (Å²) in [6.45, 7) is 1.65. The molecule has 0 amide bonds. The lowest BCUT2D eigenvalue weighted by atomic mass is 9.77. The number of halogens is 3. The predicted octanol–water partition coefficient (Wildman–Crippen LogP) is 3.24. The Kier molecular flexibility index (Phi) is 4.19. The fraction of sp³-hybridized carbons (Fsp3) is 0.429. The number of nitrogens with one attached hydrogen (secondary N) is 1. The number of allylic oxidation sites excluding steroid dienone is 2. The van der Waals surface area contributed by atoms with E-state index in [0.717, 1.165) is 6.08 Å². The van der Waals surface area contributed by atoms with E-state index in [4.69, 9.17) is 10.00 Å². The molecule has 1 aliphatic carbocycles. The van der Waals surface area contributed by atoms with E-state index in [1.54, 1.807) is 6.92 Å². The van der Waals surface area contributed by atoms with Crippen LogP contribution in [0.25, 0.3) is 0 Å². The van der Waals surface area contributed by atoms with Crippen molar-refractivity contribution in [2.75, 3.05) is 6.61 Å². The molecule has 0 saturated heterocycles. The highest BCUT2D eigenvalue weighted by Crippen LogP contribution is 2.49. The van der Waals surface area contributed by atoms with E-state index in [0.29, 0.717) is 6.42 Å². The molecule has 21 heavy (non-hydrogen) atoms. The SMILES string of the molecule is CCCOC1(C(F)(F)F)C=CC=C(C#N)C1c1ncc[nH]1. The van der Waals surface area contributed by atoms with Crippen molar-refractivity contribution in [3.63, 3.8) is 0 Å².